The number of carboxylic acids is 1. The Kier molecular flexibility index (Phi) is 8.09. The summed E-state index contributed by atoms with van der Waals surface area (Å²) < 4.78 is 0. The van der Waals surface area contributed by atoms with Crippen LogP contribution in [0.15, 0.2) is 76.3 Å². The Hall–Kier alpha value is -3.26. The standard InChI is InChI=1S/C34H37ClN4O2S/c1-22-30(9-8-28(33(40)41)31(22)42-27-18-24-11-13-36-32(24)37-20-27)39-16-14-38(15-17-39)21-25-10-12-34(2,3)19-29(25)23-4-6-26(35)7-5-23/h4-9,11,13,18,20H,10,12,14-17,19,21H2,1-3H3,(H,36,37)(H,40,41). The van der Waals surface area contributed by atoms with Crippen molar-refractivity contribution in [2.75, 3.05) is 37.6 Å². The van der Waals surface area contributed by atoms with Gasteiger partial charge in [0.25, 0.3) is 0 Å². The van der Waals surface area contributed by atoms with E-state index >= 15 is 0 Å². The van der Waals surface area contributed by atoms with E-state index in [-0.39, 0.29) is 0 Å². The number of carbonyl (C=O) groups is 1. The molecule has 1 aliphatic heterocycles. The molecule has 42 heavy (non-hydrogen) atoms. The molecular weight excluding hydrogens is 564 g/mol. The average molecular weight is 601 g/mol. The maximum Gasteiger partial charge on any atom is 0.336 e. The molecule has 2 aromatic carbocycles. The lowest BCUT2D eigenvalue weighted by molar-refractivity contribution is 0.0693. The highest BCUT2D eigenvalue weighted by Crippen LogP contribution is 2.44. The first-order valence-electron chi connectivity index (χ1n) is 14.6. The fourth-order valence-electron chi connectivity index (χ4n) is 6.30. The maximum atomic E-state index is 12.2. The van der Waals surface area contributed by atoms with Crippen LogP contribution in [0, 0.1) is 12.3 Å². The predicted octanol–water partition coefficient (Wildman–Crippen LogP) is 8.16. The first kappa shape index (κ1) is 28.8. The zero-order valence-corrected chi connectivity index (χ0v) is 26.0. The Balaban J connectivity index is 1.20. The topological polar surface area (TPSA) is 72.5 Å². The number of pyridine rings is 1. The molecule has 1 aliphatic carbocycles. The largest absolute Gasteiger partial charge is 0.478 e. The van der Waals surface area contributed by atoms with E-state index in [1.165, 1.54) is 29.3 Å². The number of fused-ring (bicyclic) bond motifs is 1. The second-order valence-electron chi connectivity index (χ2n) is 12.3. The molecule has 8 heteroatoms. The van der Waals surface area contributed by atoms with Gasteiger partial charge in [0, 0.05) is 71.0 Å². The number of aromatic carboxylic acids is 1. The molecule has 2 aliphatic rings. The van der Waals surface area contributed by atoms with Crippen LogP contribution in [0.2, 0.25) is 5.02 Å². The summed E-state index contributed by atoms with van der Waals surface area (Å²) in [5.74, 6) is -0.909. The molecule has 218 valence electrons. The van der Waals surface area contributed by atoms with Crippen LogP contribution in [0.1, 0.15) is 54.6 Å². The minimum Gasteiger partial charge on any atom is -0.478 e. The lowest BCUT2D eigenvalue weighted by atomic mass is 9.72. The van der Waals surface area contributed by atoms with Gasteiger partial charge in [-0.05, 0) is 84.7 Å². The van der Waals surface area contributed by atoms with Crippen molar-refractivity contribution >= 4 is 51.6 Å². The van der Waals surface area contributed by atoms with Crippen LogP contribution in [0.25, 0.3) is 16.6 Å². The highest BCUT2D eigenvalue weighted by Gasteiger charge is 2.30. The van der Waals surface area contributed by atoms with E-state index in [2.05, 4.69) is 51.8 Å². The van der Waals surface area contributed by atoms with Crippen molar-refractivity contribution in [1.29, 1.82) is 0 Å². The van der Waals surface area contributed by atoms with E-state index in [9.17, 15) is 9.90 Å². The molecule has 6 nitrogen and oxygen atoms in total. The zero-order valence-electron chi connectivity index (χ0n) is 24.4. The number of hydrogen-bond donors (Lipinski definition) is 2. The van der Waals surface area contributed by atoms with Crippen molar-refractivity contribution in [2.45, 2.75) is 49.8 Å². The number of nitrogens with one attached hydrogen (secondary N) is 1. The number of H-pyrrole nitrogens is 1. The molecule has 0 saturated carbocycles. The molecule has 0 radical (unpaired) electrons. The summed E-state index contributed by atoms with van der Waals surface area (Å²) in [4.78, 5) is 26.5. The third-order valence-electron chi connectivity index (χ3n) is 8.71. The molecule has 3 heterocycles. The second kappa shape index (κ2) is 11.8. The highest BCUT2D eigenvalue weighted by atomic mass is 35.5. The average Bonchev–Trinajstić information content (AvgIpc) is 3.44. The fraction of sp³-hybridized carbons (Fsp3) is 0.353. The number of piperazine rings is 1. The number of hydrogen-bond acceptors (Lipinski definition) is 5. The van der Waals surface area contributed by atoms with Crippen molar-refractivity contribution in [1.82, 2.24) is 14.9 Å². The van der Waals surface area contributed by atoms with Crippen molar-refractivity contribution in [3.63, 3.8) is 0 Å². The predicted molar refractivity (Wildman–Crippen MR) is 173 cm³/mol. The lowest BCUT2D eigenvalue weighted by Crippen LogP contribution is -2.47. The van der Waals surface area contributed by atoms with Crippen molar-refractivity contribution in [2.24, 2.45) is 5.41 Å². The number of allylic oxidation sites excluding steroid dienone is 1. The van der Waals surface area contributed by atoms with Crippen LogP contribution in [0.4, 0.5) is 5.69 Å². The number of rotatable bonds is 7. The van der Waals surface area contributed by atoms with Crippen LogP contribution < -0.4 is 4.90 Å². The van der Waals surface area contributed by atoms with Gasteiger partial charge in [-0.1, -0.05) is 54.9 Å². The minimum absolute atomic E-state index is 0.302. The van der Waals surface area contributed by atoms with E-state index in [0.29, 0.717) is 11.0 Å². The third kappa shape index (κ3) is 6.10. The molecular formula is C34H37ClN4O2S. The van der Waals surface area contributed by atoms with Gasteiger partial charge in [0.15, 0.2) is 0 Å². The van der Waals surface area contributed by atoms with Gasteiger partial charge < -0.3 is 15.0 Å². The first-order chi connectivity index (χ1) is 20.2. The molecule has 1 saturated heterocycles. The number of aromatic amines is 1. The van der Waals surface area contributed by atoms with Gasteiger partial charge in [-0.15, -0.1) is 0 Å². The lowest BCUT2D eigenvalue weighted by Gasteiger charge is -2.40. The number of halogens is 1. The molecule has 0 atom stereocenters. The third-order valence-corrected chi connectivity index (χ3v) is 10.1. The van der Waals surface area contributed by atoms with Gasteiger partial charge in [0.1, 0.15) is 5.65 Å². The summed E-state index contributed by atoms with van der Waals surface area (Å²) in [6, 6.07) is 16.1. The van der Waals surface area contributed by atoms with E-state index in [4.69, 9.17) is 11.6 Å². The van der Waals surface area contributed by atoms with Crippen LogP contribution in [0.5, 0.6) is 0 Å². The van der Waals surface area contributed by atoms with E-state index < -0.39 is 5.97 Å². The summed E-state index contributed by atoms with van der Waals surface area (Å²) >= 11 is 7.68. The van der Waals surface area contributed by atoms with Gasteiger partial charge in [-0.2, -0.15) is 0 Å². The zero-order chi connectivity index (χ0) is 29.4. The summed E-state index contributed by atoms with van der Waals surface area (Å²) in [5, 5.41) is 11.8. The molecule has 2 aromatic heterocycles. The monoisotopic (exact) mass is 600 g/mol. The van der Waals surface area contributed by atoms with Gasteiger partial charge in [0.2, 0.25) is 0 Å². The van der Waals surface area contributed by atoms with Gasteiger partial charge >= 0.3 is 5.97 Å². The van der Waals surface area contributed by atoms with Crippen LogP contribution in [0.3, 0.4) is 0 Å². The number of benzene rings is 2. The van der Waals surface area contributed by atoms with E-state index in [1.54, 1.807) is 17.8 Å². The number of aromatic nitrogens is 2. The van der Waals surface area contributed by atoms with E-state index in [1.807, 2.05) is 37.4 Å². The molecule has 4 aromatic rings. The van der Waals surface area contributed by atoms with Crippen molar-refractivity contribution in [3.8, 4) is 0 Å². The Morgan fingerprint density at radius 1 is 1.10 bits per heavy atom. The SMILES string of the molecule is Cc1c(N2CCN(CC3=C(c4ccc(Cl)cc4)CC(C)(C)CC3)CC2)ccc(C(=O)O)c1Sc1cnc2[nH]ccc2c1. The van der Waals surface area contributed by atoms with Crippen molar-refractivity contribution < 1.29 is 9.90 Å². The molecule has 6 rings (SSSR count). The molecule has 0 amide bonds. The Morgan fingerprint density at radius 3 is 2.60 bits per heavy atom. The summed E-state index contributed by atoms with van der Waals surface area (Å²) in [5.41, 5.74) is 7.91. The van der Waals surface area contributed by atoms with E-state index in [0.717, 1.165) is 82.7 Å². The molecule has 0 spiro atoms. The second-order valence-corrected chi connectivity index (χ2v) is 13.8. The summed E-state index contributed by atoms with van der Waals surface area (Å²) in [6.45, 7) is 11.5. The van der Waals surface area contributed by atoms with Gasteiger partial charge in [-0.25, -0.2) is 9.78 Å². The van der Waals surface area contributed by atoms with Crippen LogP contribution >= 0.6 is 23.4 Å². The quantitative estimate of drug-likeness (QED) is 0.223. The van der Waals surface area contributed by atoms with Crippen LogP contribution in [-0.4, -0.2) is 58.7 Å². The van der Waals surface area contributed by atoms with Gasteiger partial charge in [0.05, 0.1) is 5.56 Å². The number of nitrogens with zero attached hydrogens (tertiary/aromatic N) is 3. The Bertz CT molecular complexity index is 1650. The highest BCUT2D eigenvalue weighted by molar-refractivity contribution is 7.99. The summed E-state index contributed by atoms with van der Waals surface area (Å²) in [7, 11) is 0. The Labute approximate surface area is 256 Å². The fourth-order valence-corrected chi connectivity index (χ4v) is 7.47. The van der Waals surface area contributed by atoms with Crippen molar-refractivity contribution in [3.05, 3.63) is 88.2 Å². The minimum atomic E-state index is -0.909. The smallest absolute Gasteiger partial charge is 0.336 e. The molecule has 2 N–H and O–H groups in total. The Morgan fingerprint density at radius 2 is 1.86 bits per heavy atom. The van der Waals surface area contributed by atoms with Crippen LogP contribution in [-0.2, 0) is 0 Å². The number of anilines is 1. The normalized spacial score (nSPS) is 17.7. The summed E-state index contributed by atoms with van der Waals surface area (Å²) in [6.07, 6.45) is 7.10. The number of carboxylic acid groups (broad SMARTS) is 1. The van der Waals surface area contributed by atoms with Gasteiger partial charge in [-0.3, -0.25) is 4.90 Å². The first-order valence-corrected chi connectivity index (χ1v) is 15.8. The molecule has 1 fully saturated rings. The molecule has 0 unspecified atom stereocenters. The molecule has 0 bridgehead atoms. The maximum absolute atomic E-state index is 12.2.